The summed E-state index contributed by atoms with van der Waals surface area (Å²) in [4.78, 5) is 2.97. The lowest BCUT2D eigenvalue weighted by Gasteiger charge is -1.95. The fourth-order valence-electron chi connectivity index (χ4n) is 0.809. The summed E-state index contributed by atoms with van der Waals surface area (Å²) >= 11 is 4.93. The van der Waals surface area contributed by atoms with Gasteiger partial charge >= 0.3 is 0 Å². The van der Waals surface area contributed by atoms with E-state index >= 15 is 0 Å². The van der Waals surface area contributed by atoms with Crippen molar-refractivity contribution < 1.29 is 0 Å². The van der Waals surface area contributed by atoms with E-state index in [1.54, 1.807) is 6.07 Å². The predicted octanol–water partition coefficient (Wildman–Crippen LogP) is 2.18. The fourth-order valence-corrected chi connectivity index (χ4v) is 1.05. The Hall–Kier alpha value is -1.14. The summed E-state index contributed by atoms with van der Waals surface area (Å²) in [5.74, 6) is 0. The summed E-state index contributed by atoms with van der Waals surface area (Å²) in [7, 11) is 0. The first-order valence-corrected chi connectivity index (χ1v) is 3.81. The van der Waals surface area contributed by atoms with E-state index in [-0.39, 0.29) is 0 Å². The largest absolute Gasteiger partial charge is 0.349 e. The van der Waals surface area contributed by atoms with Crippen LogP contribution in [0.4, 0.5) is 0 Å². The molecule has 0 unspecified atom stereocenters. The molecule has 0 aliphatic rings. The van der Waals surface area contributed by atoms with Crippen molar-refractivity contribution in [1.29, 1.82) is 5.26 Å². The van der Waals surface area contributed by atoms with Gasteiger partial charge in [0.25, 0.3) is 0 Å². The lowest BCUT2D eigenvalue weighted by molar-refractivity contribution is 1.02. The molecule has 0 saturated carbocycles. The highest BCUT2D eigenvalue weighted by atomic mass is 32.1. The average Bonchev–Trinajstić information content (AvgIpc) is 2.04. The number of rotatable bonds is 1. The number of hydrogen-bond acceptors (Lipinski definition) is 2. The topological polar surface area (TPSA) is 39.6 Å². The standard InChI is InChI=1S/C8H8N2S/c1-2-7-4-3-6(5-9)8(11)10-7/h3-4H,2H2,1H3,(H,10,11). The highest BCUT2D eigenvalue weighted by Gasteiger charge is 1.93. The molecule has 0 saturated heterocycles. The van der Waals surface area contributed by atoms with Crippen LogP contribution in [0.2, 0.25) is 0 Å². The number of nitriles is 1. The molecule has 0 bridgehead atoms. The van der Waals surface area contributed by atoms with Crippen LogP contribution in [-0.2, 0) is 6.42 Å². The third-order valence-corrected chi connectivity index (χ3v) is 1.79. The number of aromatic nitrogens is 1. The van der Waals surface area contributed by atoms with Gasteiger partial charge in [-0.25, -0.2) is 0 Å². The highest BCUT2D eigenvalue weighted by molar-refractivity contribution is 7.71. The summed E-state index contributed by atoms with van der Waals surface area (Å²) in [6.07, 6.45) is 0.912. The van der Waals surface area contributed by atoms with Gasteiger partial charge in [-0.3, -0.25) is 0 Å². The molecule has 0 radical (unpaired) electrons. The van der Waals surface area contributed by atoms with Gasteiger partial charge in [-0.2, -0.15) is 5.26 Å². The van der Waals surface area contributed by atoms with Gasteiger partial charge in [-0.15, -0.1) is 0 Å². The summed E-state index contributed by atoms with van der Waals surface area (Å²) in [5.41, 5.74) is 1.60. The molecule has 11 heavy (non-hydrogen) atoms. The van der Waals surface area contributed by atoms with Gasteiger partial charge in [0.2, 0.25) is 0 Å². The number of aryl methyl sites for hydroxylation is 1. The Labute approximate surface area is 70.5 Å². The second-order valence-electron chi connectivity index (χ2n) is 2.19. The van der Waals surface area contributed by atoms with Gasteiger partial charge in [0.05, 0.1) is 5.56 Å². The minimum absolute atomic E-state index is 0.534. The monoisotopic (exact) mass is 164 g/mol. The normalized spacial score (nSPS) is 9.09. The lowest BCUT2D eigenvalue weighted by atomic mass is 10.2. The zero-order valence-electron chi connectivity index (χ0n) is 6.22. The van der Waals surface area contributed by atoms with Gasteiger partial charge in [-0.1, -0.05) is 19.1 Å². The van der Waals surface area contributed by atoms with Crippen LogP contribution in [0, 0.1) is 16.0 Å². The molecular weight excluding hydrogens is 156 g/mol. The molecule has 0 aliphatic heterocycles. The molecule has 0 atom stereocenters. The number of hydrogen-bond donors (Lipinski definition) is 1. The van der Waals surface area contributed by atoms with E-state index < -0.39 is 0 Å². The molecule has 0 fully saturated rings. The van der Waals surface area contributed by atoms with Crippen LogP contribution < -0.4 is 0 Å². The van der Waals surface area contributed by atoms with Crippen LogP contribution in [-0.4, -0.2) is 4.98 Å². The first-order valence-electron chi connectivity index (χ1n) is 3.40. The summed E-state index contributed by atoms with van der Waals surface area (Å²) in [5, 5.41) is 8.55. The summed E-state index contributed by atoms with van der Waals surface area (Å²) < 4.78 is 0.534. The summed E-state index contributed by atoms with van der Waals surface area (Å²) in [6.45, 7) is 2.03. The number of nitrogens with one attached hydrogen (secondary N) is 1. The Morgan fingerprint density at radius 3 is 2.82 bits per heavy atom. The number of pyridine rings is 1. The van der Waals surface area contributed by atoms with Crippen LogP contribution in [0.15, 0.2) is 12.1 Å². The van der Waals surface area contributed by atoms with E-state index in [2.05, 4.69) is 4.98 Å². The molecule has 0 amide bonds. The quantitative estimate of drug-likeness (QED) is 0.646. The highest BCUT2D eigenvalue weighted by Crippen LogP contribution is 2.01. The van der Waals surface area contributed by atoms with E-state index in [4.69, 9.17) is 17.5 Å². The van der Waals surface area contributed by atoms with Crippen molar-refractivity contribution in [3.05, 3.63) is 28.0 Å². The van der Waals surface area contributed by atoms with Crippen LogP contribution in [0.1, 0.15) is 18.2 Å². The molecule has 2 nitrogen and oxygen atoms in total. The molecule has 0 spiro atoms. The van der Waals surface area contributed by atoms with Crippen molar-refractivity contribution in [2.24, 2.45) is 0 Å². The Morgan fingerprint density at radius 1 is 1.64 bits per heavy atom. The molecule has 56 valence electrons. The fraction of sp³-hybridized carbons (Fsp3) is 0.250. The van der Waals surface area contributed by atoms with Crippen molar-refractivity contribution in [2.45, 2.75) is 13.3 Å². The molecule has 0 aliphatic carbocycles. The first-order chi connectivity index (χ1) is 5.27. The van der Waals surface area contributed by atoms with E-state index in [0.717, 1.165) is 12.1 Å². The van der Waals surface area contributed by atoms with Gasteiger partial charge in [0.15, 0.2) is 0 Å². The third-order valence-electron chi connectivity index (χ3n) is 1.47. The van der Waals surface area contributed by atoms with E-state index in [9.17, 15) is 0 Å². The Balaban J connectivity index is 3.23. The maximum Gasteiger partial charge on any atom is 0.121 e. The second-order valence-corrected chi connectivity index (χ2v) is 2.60. The van der Waals surface area contributed by atoms with E-state index in [0.29, 0.717) is 10.2 Å². The molecule has 1 heterocycles. The van der Waals surface area contributed by atoms with Crippen molar-refractivity contribution >= 4 is 12.2 Å². The Morgan fingerprint density at radius 2 is 2.36 bits per heavy atom. The first kappa shape index (κ1) is 7.96. The van der Waals surface area contributed by atoms with Gasteiger partial charge < -0.3 is 4.98 Å². The zero-order valence-corrected chi connectivity index (χ0v) is 7.03. The predicted molar refractivity (Wildman–Crippen MR) is 45.7 cm³/mol. The number of aromatic amines is 1. The van der Waals surface area contributed by atoms with Crippen LogP contribution in [0.25, 0.3) is 0 Å². The maximum atomic E-state index is 8.55. The van der Waals surface area contributed by atoms with E-state index in [1.807, 2.05) is 19.1 Å². The smallest absolute Gasteiger partial charge is 0.121 e. The van der Waals surface area contributed by atoms with Crippen molar-refractivity contribution in [1.82, 2.24) is 4.98 Å². The van der Waals surface area contributed by atoms with Crippen molar-refractivity contribution in [3.63, 3.8) is 0 Å². The van der Waals surface area contributed by atoms with Gasteiger partial charge in [-0.05, 0) is 18.6 Å². The minimum atomic E-state index is 0.534. The van der Waals surface area contributed by atoms with Gasteiger partial charge in [0.1, 0.15) is 10.7 Å². The van der Waals surface area contributed by atoms with Crippen molar-refractivity contribution in [2.75, 3.05) is 0 Å². The molecular formula is C8H8N2S. The SMILES string of the molecule is CCc1ccc(C#N)c(=S)[nH]1. The Kier molecular flexibility index (Phi) is 2.40. The second kappa shape index (κ2) is 3.31. The van der Waals surface area contributed by atoms with Gasteiger partial charge in [0, 0.05) is 5.69 Å². The molecule has 1 rings (SSSR count). The summed E-state index contributed by atoms with van der Waals surface area (Å²) in [6, 6.07) is 5.64. The molecule has 1 aromatic heterocycles. The molecule has 1 N–H and O–H groups in total. The third kappa shape index (κ3) is 1.66. The molecule has 1 aromatic rings. The van der Waals surface area contributed by atoms with Crippen LogP contribution in [0.3, 0.4) is 0 Å². The Bertz CT molecular complexity index is 346. The zero-order chi connectivity index (χ0) is 8.27. The van der Waals surface area contributed by atoms with E-state index in [1.165, 1.54) is 0 Å². The number of nitrogens with zero attached hydrogens (tertiary/aromatic N) is 1. The average molecular weight is 164 g/mol. The molecule has 0 aromatic carbocycles. The number of H-pyrrole nitrogens is 1. The maximum absolute atomic E-state index is 8.55. The lowest BCUT2D eigenvalue weighted by Crippen LogP contribution is -1.88. The molecule has 3 heteroatoms. The van der Waals surface area contributed by atoms with Crippen LogP contribution >= 0.6 is 12.2 Å². The van der Waals surface area contributed by atoms with Crippen LogP contribution in [0.5, 0.6) is 0 Å². The van der Waals surface area contributed by atoms with Crippen molar-refractivity contribution in [3.8, 4) is 6.07 Å². The minimum Gasteiger partial charge on any atom is -0.349 e.